The van der Waals surface area contributed by atoms with Crippen molar-refractivity contribution in [3.8, 4) is 33.9 Å². The lowest BCUT2D eigenvalue weighted by Gasteiger charge is -2.11. The summed E-state index contributed by atoms with van der Waals surface area (Å²) in [4.78, 5) is 17.7. The maximum Gasteiger partial charge on any atom is 0.161 e. The van der Waals surface area contributed by atoms with Crippen LogP contribution in [0.15, 0.2) is 73.1 Å². The van der Waals surface area contributed by atoms with Crippen molar-refractivity contribution >= 4 is 22.1 Å². The van der Waals surface area contributed by atoms with Crippen LogP contribution in [0.4, 0.5) is 4.39 Å². The molecular formula is C31H28FN7. The van der Waals surface area contributed by atoms with Crippen molar-refractivity contribution < 1.29 is 4.39 Å². The smallest absolute Gasteiger partial charge is 0.161 e. The molecule has 0 saturated heterocycles. The minimum absolute atomic E-state index is 0.279. The summed E-state index contributed by atoms with van der Waals surface area (Å²) >= 11 is 0. The van der Waals surface area contributed by atoms with E-state index in [2.05, 4.69) is 31.5 Å². The van der Waals surface area contributed by atoms with Gasteiger partial charge in [0, 0.05) is 30.1 Å². The van der Waals surface area contributed by atoms with Crippen LogP contribution in [0, 0.1) is 11.7 Å². The number of para-hydroxylation sites is 1. The highest BCUT2D eigenvalue weighted by atomic mass is 19.1. The van der Waals surface area contributed by atoms with E-state index in [9.17, 15) is 4.39 Å². The van der Waals surface area contributed by atoms with Crippen LogP contribution in [0.2, 0.25) is 0 Å². The number of pyridine rings is 2. The number of hydrogen-bond acceptors (Lipinski definition) is 5. The van der Waals surface area contributed by atoms with E-state index in [1.165, 1.54) is 37.8 Å². The first-order valence-electron chi connectivity index (χ1n) is 13.5. The molecule has 0 atom stereocenters. The maximum atomic E-state index is 13.9. The number of hydrogen-bond donors (Lipinski definition) is 3. The number of benzene rings is 2. The summed E-state index contributed by atoms with van der Waals surface area (Å²) < 4.78 is 13.9. The molecule has 7 rings (SSSR count). The van der Waals surface area contributed by atoms with Crippen molar-refractivity contribution in [1.29, 1.82) is 0 Å². The van der Waals surface area contributed by atoms with Gasteiger partial charge in [0.05, 0.1) is 22.2 Å². The average molecular weight is 518 g/mol. The molecule has 0 radical (unpaired) electrons. The molecule has 1 aliphatic carbocycles. The van der Waals surface area contributed by atoms with Gasteiger partial charge in [-0.15, -0.1) is 0 Å². The molecule has 4 aromatic heterocycles. The second-order valence-corrected chi connectivity index (χ2v) is 10.3. The molecule has 39 heavy (non-hydrogen) atoms. The summed E-state index contributed by atoms with van der Waals surface area (Å²) in [6, 6.07) is 18.5. The SMILES string of the molecule is Fc1cccc(-c2cccc3[nH]c(-c4n[nH]c5ccc(-c6cncc(CNCC7CCCC7)c6)nc45)nc23)c1. The number of imidazole rings is 1. The van der Waals surface area contributed by atoms with E-state index in [0.29, 0.717) is 11.5 Å². The van der Waals surface area contributed by atoms with Crippen molar-refractivity contribution in [2.75, 3.05) is 6.54 Å². The number of H-pyrrole nitrogens is 2. The van der Waals surface area contributed by atoms with Crippen LogP contribution >= 0.6 is 0 Å². The Bertz CT molecular complexity index is 1780. The largest absolute Gasteiger partial charge is 0.336 e. The van der Waals surface area contributed by atoms with Crippen molar-refractivity contribution in [2.24, 2.45) is 5.92 Å². The molecule has 0 unspecified atom stereocenters. The number of rotatable bonds is 7. The predicted octanol–water partition coefficient (Wildman–Crippen LogP) is 6.65. The number of aromatic nitrogens is 6. The zero-order chi connectivity index (χ0) is 26.2. The lowest BCUT2D eigenvalue weighted by Crippen LogP contribution is -2.20. The Hall–Kier alpha value is -4.43. The first kappa shape index (κ1) is 23.7. The molecule has 7 nitrogen and oxygen atoms in total. The van der Waals surface area contributed by atoms with Crippen LogP contribution in [0.1, 0.15) is 31.2 Å². The Morgan fingerprint density at radius 2 is 1.77 bits per heavy atom. The van der Waals surface area contributed by atoms with Gasteiger partial charge < -0.3 is 10.3 Å². The Morgan fingerprint density at radius 3 is 2.67 bits per heavy atom. The Balaban J connectivity index is 1.20. The van der Waals surface area contributed by atoms with Crippen LogP contribution in [0.5, 0.6) is 0 Å². The maximum absolute atomic E-state index is 13.9. The number of fused-ring (bicyclic) bond motifs is 2. The first-order valence-corrected chi connectivity index (χ1v) is 13.5. The van der Waals surface area contributed by atoms with Gasteiger partial charge in [-0.3, -0.25) is 10.1 Å². The normalized spacial score (nSPS) is 14.1. The van der Waals surface area contributed by atoms with Gasteiger partial charge in [-0.2, -0.15) is 5.10 Å². The molecule has 0 bridgehead atoms. The van der Waals surface area contributed by atoms with Crippen LogP contribution in [-0.4, -0.2) is 36.7 Å². The average Bonchev–Trinajstić information content (AvgIpc) is 3.72. The van der Waals surface area contributed by atoms with Crippen molar-refractivity contribution in [1.82, 2.24) is 35.5 Å². The van der Waals surface area contributed by atoms with Crippen LogP contribution in [0.25, 0.3) is 56.0 Å². The molecule has 0 amide bonds. The minimum Gasteiger partial charge on any atom is -0.336 e. The fourth-order valence-corrected chi connectivity index (χ4v) is 5.62. The van der Waals surface area contributed by atoms with E-state index in [1.807, 2.05) is 48.8 Å². The van der Waals surface area contributed by atoms with E-state index in [1.54, 1.807) is 6.07 Å². The van der Waals surface area contributed by atoms with Gasteiger partial charge in [0.1, 0.15) is 11.3 Å². The highest BCUT2D eigenvalue weighted by Crippen LogP contribution is 2.32. The number of aromatic amines is 2. The lowest BCUT2D eigenvalue weighted by atomic mass is 10.0. The van der Waals surface area contributed by atoms with Gasteiger partial charge in [-0.1, -0.05) is 37.1 Å². The van der Waals surface area contributed by atoms with Gasteiger partial charge in [-0.25, -0.2) is 14.4 Å². The van der Waals surface area contributed by atoms with Gasteiger partial charge in [-0.05, 0) is 72.8 Å². The summed E-state index contributed by atoms with van der Waals surface area (Å²) in [5.74, 6) is 1.12. The molecule has 1 fully saturated rings. The molecule has 1 aliphatic rings. The summed E-state index contributed by atoms with van der Waals surface area (Å²) in [5.41, 5.74) is 8.34. The van der Waals surface area contributed by atoms with Crippen LogP contribution in [-0.2, 0) is 6.54 Å². The van der Waals surface area contributed by atoms with Crippen molar-refractivity contribution in [3.63, 3.8) is 0 Å². The van der Waals surface area contributed by atoms with Gasteiger partial charge >= 0.3 is 0 Å². The quantitative estimate of drug-likeness (QED) is 0.220. The lowest BCUT2D eigenvalue weighted by molar-refractivity contribution is 0.489. The van der Waals surface area contributed by atoms with Crippen molar-refractivity contribution in [2.45, 2.75) is 32.2 Å². The summed E-state index contributed by atoms with van der Waals surface area (Å²) in [6.45, 7) is 1.86. The molecule has 2 aromatic carbocycles. The minimum atomic E-state index is -0.279. The highest BCUT2D eigenvalue weighted by molar-refractivity contribution is 5.96. The molecule has 194 valence electrons. The fourth-order valence-electron chi connectivity index (χ4n) is 5.62. The fraction of sp³-hybridized carbons (Fsp3) is 0.226. The molecule has 4 heterocycles. The molecule has 1 saturated carbocycles. The molecule has 8 heteroatoms. The second-order valence-electron chi connectivity index (χ2n) is 10.3. The van der Waals surface area contributed by atoms with Crippen LogP contribution in [0.3, 0.4) is 0 Å². The molecule has 6 aromatic rings. The van der Waals surface area contributed by atoms with Gasteiger partial charge in [0.25, 0.3) is 0 Å². The number of nitrogens with zero attached hydrogens (tertiary/aromatic N) is 4. The van der Waals surface area contributed by atoms with E-state index >= 15 is 0 Å². The number of nitrogens with one attached hydrogen (secondary N) is 3. The van der Waals surface area contributed by atoms with E-state index in [-0.39, 0.29) is 5.82 Å². The van der Waals surface area contributed by atoms with E-state index in [0.717, 1.165) is 69.0 Å². The molecule has 0 aliphatic heterocycles. The highest BCUT2D eigenvalue weighted by Gasteiger charge is 2.18. The van der Waals surface area contributed by atoms with Gasteiger partial charge in [0.15, 0.2) is 11.5 Å². The zero-order valence-corrected chi connectivity index (χ0v) is 21.4. The van der Waals surface area contributed by atoms with Crippen LogP contribution < -0.4 is 5.32 Å². The van der Waals surface area contributed by atoms with E-state index in [4.69, 9.17) is 9.97 Å². The second kappa shape index (κ2) is 10.0. The standard InChI is InChI=1S/C31H28FN7/c32-23-8-3-7-21(14-23)24-9-4-10-26-28(24)37-31(36-26)30-29-27(38-39-30)12-11-25(35-29)22-13-20(17-34-18-22)16-33-15-19-5-1-2-6-19/h3-4,7-14,17-19,33H,1-2,5-6,15-16H2,(H,36,37)(H,38,39). The summed E-state index contributed by atoms with van der Waals surface area (Å²) in [5, 5.41) is 11.2. The van der Waals surface area contributed by atoms with Crippen molar-refractivity contribution in [3.05, 3.63) is 84.4 Å². The molecule has 0 spiro atoms. The van der Waals surface area contributed by atoms with E-state index < -0.39 is 0 Å². The molecule has 3 N–H and O–H groups in total. The third-order valence-corrected chi connectivity index (χ3v) is 7.61. The third-order valence-electron chi connectivity index (χ3n) is 7.61. The predicted molar refractivity (Wildman–Crippen MR) is 151 cm³/mol. The first-order chi connectivity index (χ1) is 19.2. The molecular weight excluding hydrogens is 489 g/mol. The topological polar surface area (TPSA) is 95.2 Å². The Labute approximate surface area is 224 Å². The summed E-state index contributed by atoms with van der Waals surface area (Å²) in [6.07, 6.45) is 9.14. The van der Waals surface area contributed by atoms with Gasteiger partial charge in [0.2, 0.25) is 0 Å². The third kappa shape index (κ3) is 4.68. The number of halogens is 1. The Morgan fingerprint density at radius 1 is 0.872 bits per heavy atom. The zero-order valence-electron chi connectivity index (χ0n) is 21.4. The Kier molecular flexibility index (Phi) is 6.09. The summed E-state index contributed by atoms with van der Waals surface area (Å²) in [7, 11) is 0. The monoisotopic (exact) mass is 517 g/mol.